The van der Waals surface area contributed by atoms with Crippen LogP contribution in [0.25, 0.3) is 5.76 Å². The number of Topliss-reactive ketones (excluding diaryl/α,β-unsaturated/α-hetero) is 1. The number of nitrogens with zero attached hydrogens (tertiary/aromatic N) is 2. The van der Waals surface area contributed by atoms with Gasteiger partial charge in [0.05, 0.1) is 18.7 Å². The van der Waals surface area contributed by atoms with Crippen LogP contribution in [0.3, 0.4) is 0 Å². The Morgan fingerprint density at radius 1 is 1.03 bits per heavy atom. The molecule has 1 N–H and O–H groups in total. The maximum Gasteiger partial charge on any atom is 0.300 e. The molecule has 1 fully saturated rings. The van der Waals surface area contributed by atoms with Gasteiger partial charge in [-0.05, 0) is 55.0 Å². The van der Waals surface area contributed by atoms with Crippen LogP contribution in [0, 0.1) is 6.92 Å². The van der Waals surface area contributed by atoms with Crippen LogP contribution in [-0.4, -0.2) is 28.9 Å². The van der Waals surface area contributed by atoms with Crippen molar-refractivity contribution in [1.29, 1.82) is 0 Å². The van der Waals surface area contributed by atoms with Crippen molar-refractivity contribution >= 4 is 23.1 Å². The molecule has 0 radical (unpaired) electrons. The van der Waals surface area contributed by atoms with Crippen LogP contribution in [0.15, 0.2) is 78.6 Å². The number of aryl methyl sites for hydroxylation is 1. The molecule has 0 spiro atoms. The number of hydrogen-bond donors (Lipinski definition) is 1. The van der Waals surface area contributed by atoms with Gasteiger partial charge in [0, 0.05) is 23.6 Å². The Morgan fingerprint density at radius 2 is 1.73 bits per heavy atom. The maximum atomic E-state index is 13.0. The summed E-state index contributed by atoms with van der Waals surface area (Å²) in [7, 11) is 1.55. The van der Waals surface area contributed by atoms with Crippen molar-refractivity contribution in [2.24, 2.45) is 0 Å². The first-order valence-corrected chi connectivity index (χ1v) is 9.43. The van der Waals surface area contributed by atoms with Gasteiger partial charge in [-0.15, -0.1) is 0 Å². The van der Waals surface area contributed by atoms with E-state index in [0.717, 1.165) is 5.56 Å². The zero-order chi connectivity index (χ0) is 21.3. The van der Waals surface area contributed by atoms with Crippen molar-refractivity contribution in [2.45, 2.75) is 13.0 Å². The lowest BCUT2D eigenvalue weighted by molar-refractivity contribution is -0.132. The minimum absolute atomic E-state index is 0.0266. The SMILES string of the molecule is COc1ccc(/C(O)=C2/C(=O)C(=O)N(c3ccc(C)cc3)C2c2cccnc2)cc1. The molecule has 1 amide bonds. The van der Waals surface area contributed by atoms with Crippen LogP contribution >= 0.6 is 0 Å². The Balaban J connectivity index is 1.90. The summed E-state index contributed by atoms with van der Waals surface area (Å²) in [6.45, 7) is 1.94. The van der Waals surface area contributed by atoms with Gasteiger partial charge in [-0.25, -0.2) is 0 Å². The van der Waals surface area contributed by atoms with Gasteiger partial charge in [0.25, 0.3) is 11.7 Å². The van der Waals surface area contributed by atoms with Crippen LogP contribution in [0.5, 0.6) is 5.75 Å². The first kappa shape index (κ1) is 19.4. The number of aliphatic hydroxyl groups excluding tert-OH is 1. The molecular formula is C24H20N2O4. The predicted molar refractivity (Wildman–Crippen MR) is 113 cm³/mol. The zero-order valence-electron chi connectivity index (χ0n) is 16.6. The number of benzene rings is 2. The summed E-state index contributed by atoms with van der Waals surface area (Å²) in [4.78, 5) is 31.6. The van der Waals surface area contributed by atoms with Crippen LogP contribution < -0.4 is 9.64 Å². The van der Waals surface area contributed by atoms with Gasteiger partial charge in [-0.2, -0.15) is 0 Å². The van der Waals surface area contributed by atoms with E-state index in [0.29, 0.717) is 22.6 Å². The Hall–Kier alpha value is -3.93. The highest BCUT2D eigenvalue weighted by atomic mass is 16.5. The van der Waals surface area contributed by atoms with Crippen molar-refractivity contribution in [2.75, 3.05) is 12.0 Å². The number of carbonyl (C=O) groups excluding carboxylic acids is 2. The molecule has 1 aliphatic rings. The van der Waals surface area contributed by atoms with Crippen LogP contribution in [0.2, 0.25) is 0 Å². The predicted octanol–water partition coefficient (Wildman–Crippen LogP) is 4.02. The first-order chi connectivity index (χ1) is 14.5. The summed E-state index contributed by atoms with van der Waals surface area (Å²) in [6.07, 6.45) is 3.21. The Labute approximate surface area is 174 Å². The van der Waals surface area contributed by atoms with E-state index in [-0.39, 0.29) is 11.3 Å². The van der Waals surface area contributed by atoms with E-state index in [1.807, 2.05) is 19.1 Å². The molecule has 4 rings (SSSR count). The lowest BCUT2D eigenvalue weighted by atomic mass is 9.96. The minimum atomic E-state index is -0.788. The molecule has 150 valence electrons. The fourth-order valence-corrected chi connectivity index (χ4v) is 3.56. The summed E-state index contributed by atoms with van der Waals surface area (Å²) in [5, 5.41) is 11.0. The summed E-state index contributed by atoms with van der Waals surface area (Å²) in [5.74, 6) is -1.05. The van der Waals surface area contributed by atoms with Crippen molar-refractivity contribution < 1.29 is 19.4 Å². The monoisotopic (exact) mass is 400 g/mol. The number of ether oxygens (including phenoxy) is 1. The zero-order valence-corrected chi connectivity index (χ0v) is 16.6. The number of anilines is 1. The van der Waals surface area contributed by atoms with Crippen LogP contribution in [0.1, 0.15) is 22.7 Å². The van der Waals surface area contributed by atoms with E-state index in [4.69, 9.17) is 4.74 Å². The van der Waals surface area contributed by atoms with Crippen LogP contribution in [-0.2, 0) is 9.59 Å². The molecule has 3 aromatic rings. The number of amides is 1. The lowest BCUT2D eigenvalue weighted by Crippen LogP contribution is -2.29. The topological polar surface area (TPSA) is 79.7 Å². The number of ketones is 1. The number of aromatic nitrogens is 1. The highest BCUT2D eigenvalue weighted by Crippen LogP contribution is 2.42. The average molecular weight is 400 g/mol. The number of aliphatic hydroxyl groups is 1. The van der Waals surface area contributed by atoms with Crippen molar-refractivity contribution in [3.8, 4) is 5.75 Å². The quantitative estimate of drug-likeness (QED) is 0.406. The Kier molecular flexibility index (Phi) is 5.06. The van der Waals surface area contributed by atoms with Gasteiger partial charge in [0.2, 0.25) is 0 Å². The van der Waals surface area contributed by atoms with E-state index in [1.165, 1.54) is 4.90 Å². The molecule has 1 unspecified atom stereocenters. The molecule has 0 aliphatic carbocycles. The Bertz CT molecular complexity index is 1120. The number of carbonyl (C=O) groups is 2. The van der Waals surface area contributed by atoms with Gasteiger partial charge >= 0.3 is 0 Å². The third-order valence-electron chi connectivity index (χ3n) is 5.12. The van der Waals surface area contributed by atoms with E-state index < -0.39 is 17.7 Å². The molecular weight excluding hydrogens is 380 g/mol. The molecule has 6 heteroatoms. The summed E-state index contributed by atoms with van der Waals surface area (Å²) >= 11 is 0. The smallest absolute Gasteiger partial charge is 0.300 e. The molecule has 2 heterocycles. The second kappa shape index (κ2) is 7.83. The van der Waals surface area contributed by atoms with Gasteiger partial charge in [0.1, 0.15) is 11.5 Å². The van der Waals surface area contributed by atoms with E-state index in [1.54, 1.807) is 68.0 Å². The molecule has 1 aliphatic heterocycles. The van der Waals surface area contributed by atoms with E-state index in [9.17, 15) is 14.7 Å². The summed E-state index contributed by atoms with van der Waals surface area (Å²) in [5.41, 5.74) is 2.69. The number of rotatable bonds is 4. The van der Waals surface area contributed by atoms with Crippen molar-refractivity contribution in [1.82, 2.24) is 4.98 Å². The van der Waals surface area contributed by atoms with Gasteiger partial charge in [0.15, 0.2) is 0 Å². The van der Waals surface area contributed by atoms with Crippen molar-refractivity contribution in [3.63, 3.8) is 0 Å². The highest BCUT2D eigenvalue weighted by molar-refractivity contribution is 6.51. The molecule has 1 atom stereocenters. The Morgan fingerprint density at radius 3 is 2.33 bits per heavy atom. The van der Waals surface area contributed by atoms with Crippen LogP contribution in [0.4, 0.5) is 5.69 Å². The standard InChI is InChI=1S/C24H20N2O4/c1-15-5-9-18(10-6-15)26-21(17-4-3-13-25-14-17)20(23(28)24(26)29)22(27)16-7-11-19(30-2)12-8-16/h3-14,21,27H,1-2H3/b22-20-. The highest BCUT2D eigenvalue weighted by Gasteiger charge is 2.47. The molecule has 1 saturated heterocycles. The summed E-state index contributed by atoms with van der Waals surface area (Å²) < 4.78 is 5.15. The molecule has 0 saturated carbocycles. The normalized spacial score (nSPS) is 17.9. The first-order valence-electron chi connectivity index (χ1n) is 9.43. The van der Waals surface area contributed by atoms with Gasteiger partial charge < -0.3 is 9.84 Å². The summed E-state index contributed by atoms with van der Waals surface area (Å²) in [6, 6.07) is 16.7. The fourth-order valence-electron chi connectivity index (χ4n) is 3.56. The average Bonchev–Trinajstić information content (AvgIpc) is 3.05. The van der Waals surface area contributed by atoms with E-state index in [2.05, 4.69) is 4.98 Å². The van der Waals surface area contributed by atoms with E-state index >= 15 is 0 Å². The third-order valence-corrected chi connectivity index (χ3v) is 5.12. The largest absolute Gasteiger partial charge is 0.507 e. The van der Waals surface area contributed by atoms with Gasteiger partial charge in [-0.3, -0.25) is 19.5 Å². The molecule has 1 aromatic heterocycles. The molecule has 30 heavy (non-hydrogen) atoms. The molecule has 6 nitrogen and oxygen atoms in total. The lowest BCUT2D eigenvalue weighted by Gasteiger charge is -2.25. The van der Waals surface area contributed by atoms with Gasteiger partial charge in [-0.1, -0.05) is 23.8 Å². The number of pyridine rings is 1. The van der Waals surface area contributed by atoms with Crippen molar-refractivity contribution in [3.05, 3.63) is 95.3 Å². The third kappa shape index (κ3) is 3.33. The molecule has 2 aromatic carbocycles. The molecule has 0 bridgehead atoms. The second-order valence-corrected chi connectivity index (χ2v) is 7.02. The maximum absolute atomic E-state index is 13.0. The number of hydrogen-bond acceptors (Lipinski definition) is 5. The number of methoxy groups -OCH3 is 1. The minimum Gasteiger partial charge on any atom is -0.507 e. The fraction of sp³-hybridized carbons (Fsp3) is 0.125. The second-order valence-electron chi connectivity index (χ2n) is 7.02.